The van der Waals surface area contributed by atoms with Gasteiger partial charge in [-0.3, -0.25) is 9.78 Å². The van der Waals surface area contributed by atoms with Gasteiger partial charge in [0.05, 0.1) is 17.4 Å². The summed E-state index contributed by atoms with van der Waals surface area (Å²) in [5.41, 5.74) is 1.63. The molecule has 0 saturated carbocycles. The fourth-order valence-corrected chi connectivity index (χ4v) is 3.55. The summed E-state index contributed by atoms with van der Waals surface area (Å²) in [5, 5.41) is 3.24. The number of aliphatic imine (C=N–C) groups is 1. The number of hydrogen-bond acceptors (Lipinski definition) is 5. The fourth-order valence-electron chi connectivity index (χ4n) is 3.37. The zero-order chi connectivity index (χ0) is 22.3. The largest absolute Gasteiger partial charge is 0.488 e. The molecule has 1 aliphatic heterocycles. The number of nitrogens with zero attached hydrogens (tertiary/aromatic N) is 2. The van der Waals surface area contributed by atoms with Crippen molar-refractivity contribution in [3.8, 4) is 5.75 Å². The van der Waals surface area contributed by atoms with Gasteiger partial charge in [-0.1, -0.05) is 54.1 Å². The number of pyridine rings is 1. The lowest BCUT2D eigenvalue weighted by Gasteiger charge is -2.30. The third kappa shape index (κ3) is 5.31. The summed E-state index contributed by atoms with van der Waals surface area (Å²) in [6.45, 7) is 0.0175. The number of carbonyl (C=O) groups excluding carboxylic acids is 2. The van der Waals surface area contributed by atoms with Crippen LogP contribution in [0, 0.1) is 5.92 Å². The molecule has 7 nitrogen and oxygen atoms in total. The Balaban J connectivity index is 1.59. The van der Waals surface area contributed by atoms with E-state index in [2.05, 4.69) is 15.3 Å². The summed E-state index contributed by atoms with van der Waals surface area (Å²) in [6.07, 6.45) is 1.60. The van der Waals surface area contributed by atoms with Crippen LogP contribution < -0.4 is 10.1 Å². The van der Waals surface area contributed by atoms with Gasteiger partial charge in [-0.25, -0.2) is 4.79 Å². The average molecular weight is 450 g/mol. The van der Waals surface area contributed by atoms with Gasteiger partial charge in [-0.2, -0.15) is 4.99 Å². The van der Waals surface area contributed by atoms with Crippen LogP contribution in [0.3, 0.4) is 0 Å². The van der Waals surface area contributed by atoms with Crippen molar-refractivity contribution in [3.63, 3.8) is 0 Å². The van der Waals surface area contributed by atoms with Crippen LogP contribution in [0.15, 0.2) is 84.0 Å². The third-order valence-electron chi connectivity index (χ3n) is 4.88. The number of aromatic nitrogens is 1. The first-order valence-corrected chi connectivity index (χ1v) is 10.4. The summed E-state index contributed by atoms with van der Waals surface area (Å²) < 4.78 is 11.4. The monoisotopic (exact) mass is 449 g/mol. The van der Waals surface area contributed by atoms with E-state index in [1.165, 1.54) is 0 Å². The maximum atomic E-state index is 13.2. The topological polar surface area (TPSA) is 89.9 Å². The molecule has 2 amide bonds. The highest BCUT2D eigenvalue weighted by atomic mass is 35.5. The van der Waals surface area contributed by atoms with Gasteiger partial charge in [0.15, 0.2) is 0 Å². The number of rotatable bonds is 7. The van der Waals surface area contributed by atoms with Gasteiger partial charge in [0.1, 0.15) is 24.9 Å². The molecule has 162 valence electrons. The van der Waals surface area contributed by atoms with Crippen LogP contribution in [-0.4, -0.2) is 29.3 Å². The van der Waals surface area contributed by atoms with Crippen molar-refractivity contribution < 1.29 is 19.1 Å². The summed E-state index contributed by atoms with van der Waals surface area (Å²) in [7, 11) is 0. The fraction of sp³-hybridized carbons (Fsp3) is 0.167. The molecule has 0 bridgehead atoms. The zero-order valence-electron chi connectivity index (χ0n) is 17.0. The lowest BCUT2D eigenvalue weighted by atomic mass is 9.90. The first kappa shape index (κ1) is 21.5. The highest BCUT2D eigenvalue weighted by molar-refractivity contribution is 6.30. The molecule has 2 heterocycles. The Labute approximate surface area is 190 Å². The van der Waals surface area contributed by atoms with Crippen molar-refractivity contribution in [3.05, 3.63) is 95.3 Å². The molecule has 32 heavy (non-hydrogen) atoms. The van der Waals surface area contributed by atoms with Gasteiger partial charge in [0.25, 0.3) is 0 Å². The Bertz CT molecular complexity index is 1120. The van der Waals surface area contributed by atoms with Crippen LogP contribution in [0.2, 0.25) is 5.02 Å². The second kappa shape index (κ2) is 10.1. The predicted octanol–water partition coefficient (Wildman–Crippen LogP) is 4.38. The van der Waals surface area contributed by atoms with E-state index in [4.69, 9.17) is 21.1 Å². The molecule has 1 N–H and O–H groups in total. The van der Waals surface area contributed by atoms with Crippen LogP contribution in [0.1, 0.15) is 17.3 Å². The molecule has 2 aromatic carbocycles. The lowest BCUT2D eigenvalue weighted by molar-refractivity contribution is -0.148. The molecular formula is C24H20ClN3O4. The second-order valence-electron chi connectivity index (χ2n) is 7.10. The molecule has 2 unspecified atom stereocenters. The first-order chi connectivity index (χ1) is 15.6. The standard InChI is InChI=1S/C24H20ClN3O4/c25-17-9-6-10-18(13-17)31-15-20-21(23(29)32-14-16-7-2-1-3-8-16)22(28-24(30)27-20)19-11-4-5-12-26-19/h1-13,21-22H,14-15H2,(H,28,30). The Morgan fingerprint density at radius 3 is 2.56 bits per heavy atom. The third-order valence-corrected chi connectivity index (χ3v) is 5.12. The number of amides is 2. The number of halogens is 1. The quantitative estimate of drug-likeness (QED) is 0.540. The summed E-state index contributed by atoms with van der Waals surface area (Å²) in [6, 6.07) is 20.2. The number of urea groups is 1. The van der Waals surface area contributed by atoms with Crippen molar-refractivity contribution in [1.29, 1.82) is 0 Å². The van der Waals surface area contributed by atoms with Gasteiger partial charge in [-0.15, -0.1) is 0 Å². The van der Waals surface area contributed by atoms with Crippen molar-refractivity contribution in [2.75, 3.05) is 6.61 Å². The number of carbonyl (C=O) groups is 2. The normalized spacial score (nSPS) is 17.8. The maximum Gasteiger partial charge on any atom is 0.341 e. The Morgan fingerprint density at radius 2 is 1.81 bits per heavy atom. The van der Waals surface area contributed by atoms with Gasteiger partial charge >= 0.3 is 12.0 Å². The molecule has 8 heteroatoms. The van der Waals surface area contributed by atoms with E-state index < -0.39 is 24.0 Å². The molecule has 0 saturated heterocycles. The maximum absolute atomic E-state index is 13.2. The number of esters is 1. The average Bonchev–Trinajstić information content (AvgIpc) is 2.82. The van der Waals surface area contributed by atoms with Crippen molar-refractivity contribution in [2.45, 2.75) is 12.6 Å². The molecule has 0 fully saturated rings. The van der Waals surface area contributed by atoms with Gasteiger partial charge < -0.3 is 14.8 Å². The summed E-state index contributed by atoms with van der Waals surface area (Å²) >= 11 is 6.01. The highest BCUT2D eigenvalue weighted by Crippen LogP contribution is 2.28. The van der Waals surface area contributed by atoms with Crippen LogP contribution in [0.25, 0.3) is 0 Å². The smallest absolute Gasteiger partial charge is 0.341 e. The van der Waals surface area contributed by atoms with E-state index in [0.717, 1.165) is 5.56 Å². The molecule has 3 aromatic rings. The molecule has 1 aromatic heterocycles. The molecule has 0 aliphatic carbocycles. The SMILES string of the molecule is O=C1N=C(COc2cccc(Cl)c2)C(C(=O)OCc2ccccc2)C(c2ccccn2)N1. The van der Waals surface area contributed by atoms with Crippen LogP contribution in [-0.2, 0) is 16.1 Å². The van der Waals surface area contributed by atoms with Crippen molar-refractivity contribution in [2.24, 2.45) is 10.9 Å². The van der Waals surface area contributed by atoms with Crippen molar-refractivity contribution in [1.82, 2.24) is 10.3 Å². The lowest BCUT2D eigenvalue weighted by Crippen LogP contribution is -2.47. The Hall–Kier alpha value is -3.71. The molecule has 0 spiro atoms. The minimum atomic E-state index is -0.898. The number of ether oxygens (including phenoxy) is 2. The van der Waals surface area contributed by atoms with Gasteiger partial charge in [0.2, 0.25) is 0 Å². The van der Waals surface area contributed by atoms with Gasteiger partial charge in [0, 0.05) is 11.2 Å². The molecule has 0 radical (unpaired) electrons. The minimum absolute atomic E-state index is 0.0812. The van der Waals surface area contributed by atoms with E-state index in [-0.39, 0.29) is 18.9 Å². The molecule has 4 rings (SSSR count). The Kier molecular flexibility index (Phi) is 6.77. The predicted molar refractivity (Wildman–Crippen MR) is 120 cm³/mol. The number of hydrogen-bond donors (Lipinski definition) is 1. The summed E-state index contributed by atoms with van der Waals surface area (Å²) in [5.74, 6) is -0.930. The van der Waals surface area contributed by atoms with Crippen molar-refractivity contribution >= 4 is 29.3 Å². The highest BCUT2D eigenvalue weighted by Gasteiger charge is 2.41. The number of nitrogens with one attached hydrogen (secondary N) is 1. The van der Waals surface area contributed by atoms with E-state index in [9.17, 15) is 9.59 Å². The van der Waals surface area contributed by atoms with E-state index in [1.54, 1.807) is 48.7 Å². The molecular weight excluding hydrogens is 430 g/mol. The second-order valence-corrected chi connectivity index (χ2v) is 7.54. The minimum Gasteiger partial charge on any atom is -0.488 e. The first-order valence-electron chi connectivity index (χ1n) is 9.98. The molecule has 1 aliphatic rings. The van der Waals surface area contributed by atoms with E-state index in [0.29, 0.717) is 16.5 Å². The van der Waals surface area contributed by atoms with Crippen LogP contribution >= 0.6 is 11.6 Å². The van der Waals surface area contributed by atoms with Crippen LogP contribution in [0.4, 0.5) is 4.79 Å². The van der Waals surface area contributed by atoms with E-state index in [1.807, 2.05) is 30.3 Å². The zero-order valence-corrected chi connectivity index (χ0v) is 17.7. The van der Waals surface area contributed by atoms with Crippen LogP contribution in [0.5, 0.6) is 5.75 Å². The molecule has 2 atom stereocenters. The number of benzene rings is 2. The van der Waals surface area contributed by atoms with E-state index >= 15 is 0 Å². The summed E-state index contributed by atoms with van der Waals surface area (Å²) in [4.78, 5) is 33.8. The Morgan fingerprint density at radius 1 is 1.00 bits per heavy atom. The van der Waals surface area contributed by atoms with Gasteiger partial charge in [-0.05, 0) is 35.9 Å².